The molecule has 0 bridgehead atoms. The minimum Gasteiger partial charge on any atom is -0.507 e. The molecular formula is C20H14N4O4. The molecule has 0 spiro atoms. The summed E-state index contributed by atoms with van der Waals surface area (Å²) in [6.07, 6.45) is 1.66. The molecule has 1 amide bonds. The molecule has 0 unspecified atom stereocenters. The summed E-state index contributed by atoms with van der Waals surface area (Å²) < 4.78 is 0. The molecule has 4 N–H and O–H groups in total. The summed E-state index contributed by atoms with van der Waals surface area (Å²) in [7, 11) is 0. The van der Waals surface area contributed by atoms with E-state index < -0.39 is 17.6 Å². The van der Waals surface area contributed by atoms with Gasteiger partial charge in [-0.3, -0.25) is 9.78 Å². The van der Waals surface area contributed by atoms with Crippen molar-refractivity contribution in [1.29, 1.82) is 0 Å². The van der Waals surface area contributed by atoms with Gasteiger partial charge in [-0.1, -0.05) is 12.1 Å². The highest BCUT2D eigenvalue weighted by Gasteiger charge is 2.16. The molecule has 0 aliphatic carbocycles. The summed E-state index contributed by atoms with van der Waals surface area (Å²) in [5.41, 5.74) is 2.17. The number of fused-ring (bicyclic) bond motifs is 1. The second-order valence-corrected chi connectivity index (χ2v) is 5.99. The van der Waals surface area contributed by atoms with Gasteiger partial charge in [0, 0.05) is 18.0 Å². The highest BCUT2D eigenvalue weighted by molar-refractivity contribution is 6.12. The fourth-order valence-electron chi connectivity index (χ4n) is 2.83. The van der Waals surface area contributed by atoms with Crippen LogP contribution in [-0.2, 0) is 0 Å². The number of nitrogens with one attached hydrogen (secondary N) is 2. The van der Waals surface area contributed by atoms with Crippen LogP contribution >= 0.6 is 0 Å². The zero-order valence-electron chi connectivity index (χ0n) is 14.4. The molecule has 2 heterocycles. The molecule has 0 saturated carbocycles. The molecule has 0 aliphatic rings. The Morgan fingerprint density at radius 2 is 1.86 bits per heavy atom. The number of nitrogens with zero attached hydrogens (tertiary/aromatic N) is 2. The highest BCUT2D eigenvalue weighted by atomic mass is 16.4. The number of rotatable bonds is 4. The van der Waals surface area contributed by atoms with Crippen LogP contribution in [0.2, 0.25) is 0 Å². The number of pyridine rings is 1. The maximum atomic E-state index is 12.7. The standard InChI is InChI=1S/C20H14N4O4/c25-16-10-11(7-8-12(16)20(27)28)22-19(26)13-4-3-6-14-17(13)24-18(23-14)15-5-1-2-9-21-15/h1-10,25H,(H,22,26)(H,23,24)(H,27,28). The number of aromatic carboxylic acids is 1. The second-order valence-electron chi connectivity index (χ2n) is 5.99. The van der Waals surface area contributed by atoms with Crippen LogP contribution in [0.3, 0.4) is 0 Å². The zero-order valence-corrected chi connectivity index (χ0v) is 14.4. The Morgan fingerprint density at radius 3 is 2.57 bits per heavy atom. The van der Waals surface area contributed by atoms with Gasteiger partial charge in [0.1, 0.15) is 22.5 Å². The fourth-order valence-corrected chi connectivity index (χ4v) is 2.83. The predicted molar refractivity (Wildman–Crippen MR) is 102 cm³/mol. The van der Waals surface area contributed by atoms with E-state index in [1.807, 2.05) is 12.1 Å². The number of imidazole rings is 1. The number of phenols is 1. The lowest BCUT2D eigenvalue weighted by molar-refractivity contribution is 0.0693. The van der Waals surface area contributed by atoms with Crippen molar-refractivity contribution in [2.24, 2.45) is 0 Å². The lowest BCUT2D eigenvalue weighted by Crippen LogP contribution is -2.12. The SMILES string of the molecule is O=C(O)c1ccc(NC(=O)c2cccc3[nH]c(-c4ccccn4)nc23)cc1O. The number of carboxylic acid groups (broad SMARTS) is 1. The van der Waals surface area contributed by atoms with E-state index in [9.17, 15) is 14.7 Å². The van der Waals surface area contributed by atoms with Gasteiger partial charge in [-0.25, -0.2) is 9.78 Å². The van der Waals surface area contributed by atoms with E-state index in [4.69, 9.17) is 5.11 Å². The highest BCUT2D eigenvalue weighted by Crippen LogP contribution is 2.25. The molecule has 0 atom stereocenters. The molecule has 0 aliphatic heterocycles. The Balaban J connectivity index is 1.67. The van der Waals surface area contributed by atoms with Crippen LogP contribution < -0.4 is 5.32 Å². The van der Waals surface area contributed by atoms with Gasteiger partial charge in [-0.15, -0.1) is 0 Å². The van der Waals surface area contributed by atoms with Crippen LogP contribution in [0.25, 0.3) is 22.6 Å². The normalized spacial score (nSPS) is 10.7. The number of hydrogen-bond acceptors (Lipinski definition) is 5. The maximum Gasteiger partial charge on any atom is 0.339 e. The van der Waals surface area contributed by atoms with Crippen molar-refractivity contribution in [3.05, 3.63) is 71.9 Å². The Hall–Kier alpha value is -4.20. The van der Waals surface area contributed by atoms with Gasteiger partial charge >= 0.3 is 5.97 Å². The number of aromatic hydroxyl groups is 1. The lowest BCUT2D eigenvalue weighted by atomic mass is 10.1. The number of aromatic nitrogens is 3. The van der Waals surface area contributed by atoms with Gasteiger partial charge in [0.2, 0.25) is 0 Å². The van der Waals surface area contributed by atoms with Gasteiger partial charge in [0.05, 0.1) is 11.1 Å². The van der Waals surface area contributed by atoms with Gasteiger partial charge in [-0.05, 0) is 36.4 Å². The van der Waals surface area contributed by atoms with E-state index in [1.54, 1.807) is 30.5 Å². The Labute approximate surface area is 158 Å². The quantitative estimate of drug-likeness (QED) is 0.434. The monoisotopic (exact) mass is 374 g/mol. The van der Waals surface area contributed by atoms with Gasteiger partial charge in [-0.2, -0.15) is 0 Å². The van der Waals surface area contributed by atoms with Crippen LogP contribution in [0.15, 0.2) is 60.8 Å². The number of carboxylic acids is 1. The molecule has 138 valence electrons. The van der Waals surface area contributed by atoms with Crippen LogP contribution in [-0.4, -0.2) is 37.0 Å². The maximum absolute atomic E-state index is 12.7. The first-order valence-electron chi connectivity index (χ1n) is 8.31. The van der Waals surface area contributed by atoms with Gasteiger partial charge in [0.25, 0.3) is 5.91 Å². The summed E-state index contributed by atoms with van der Waals surface area (Å²) in [6, 6.07) is 14.4. The third-order valence-electron chi connectivity index (χ3n) is 4.15. The average Bonchev–Trinajstić information content (AvgIpc) is 3.12. The van der Waals surface area contributed by atoms with Crippen LogP contribution in [0.5, 0.6) is 5.75 Å². The number of carbonyl (C=O) groups excluding carboxylic acids is 1. The molecule has 28 heavy (non-hydrogen) atoms. The number of hydrogen-bond donors (Lipinski definition) is 4. The summed E-state index contributed by atoms with van der Waals surface area (Å²) in [5.74, 6) is -1.58. The van der Waals surface area contributed by atoms with Crippen LogP contribution in [0.1, 0.15) is 20.7 Å². The molecule has 4 rings (SSSR count). The molecule has 0 fully saturated rings. The van der Waals surface area contributed by atoms with Crippen LogP contribution in [0.4, 0.5) is 5.69 Å². The number of amides is 1. The molecule has 8 nitrogen and oxygen atoms in total. The molecule has 4 aromatic rings. The molecule has 0 saturated heterocycles. The molecule has 2 aromatic heterocycles. The average molecular weight is 374 g/mol. The number of H-pyrrole nitrogens is 1. The summed E-state index contributed by atoms with van der Waals surface area (Å²) in [4.78, 5) is 35.6. The predicted octanol–water partition coefficient (Wildman–Crippen LogP) is 3.28. The van der Waals surface area contributed by atoms with E-state index >= 15 is 0 Å². The van der Waals surface area contributed by atoms with E-state index in [0.29, 0.717) is 28.1 Å². The van der Waals surface area contributed by atoms with Crippen molar-refractivity contribution in [2.75, 3.05) is 5.32 Å². The first-order valence-corrected chi connectivity index (χ1v) is 8.31. The number of para-hydroxylation sites is 1. The number of aromatic amines is 1. The Kier molecular flexibility index (Phi) is 4.21. The summed E-state index contributed by atoms with van der Waals surface area (Å²) in [5, 5.41) is 21.4. The minimum absolute atomic E-state index is 0.243. The number of anilines is 1. The number of benzene rings is 2. The fraction of sp³-hybridized carbons (Fsp3) is 0. The van der Waals surface area contributed by atoms with Crippen molar-refractivity contribution in [1.82, 2.24) is 15.0 Å². The molecular weight excluding hydrogens is 360 g/mol. The van der Waals surface area contributed by atoms with Crippen molar-refractivity contribution < 1.29 is 19.8 Å². The molecule has 8 heteroatoms. The van der Waals surface area contributed by atoms with E-state index in [-0.39, 0.29) is 11.3 Å². The van der Waals surface area contributed by atoms with Crippen molar-refractivity contribution >= 4 is 28.6 Å². The summed E-state index contributed by atoms with van der Waals surface area (Å²) >= 11 is 0. The molecule has 2 aromatic carbocycles. The van der Waals surface area contributed by atoms with Gasteiger partial charge < -0.3 is 20.5 Å². The third-order valence-corrected chi connectivity index (χ3v) is 4.15. The Morgan fingerprint density at radius 1 is 1.00 bits per heavy atom. The topological polar surface area (TPSA) is 128 Å². The van der Waals surface area contributed by atoms with E-state index in [2.05, 4.69) is 20.3 Å². The van der Waals surface area contributed by atoms with E-state index in [0.717, 1.165) is 0 Å². The van der Waals surface area contributed by atoms with Crippen molar-refractivity contribution in [2.45, 2.75) is 0 Å². The smallest absolute Gasteiger partial charge is 0.339 e. The third kappa shape index (κ3) is 3.14. The van der Waals surface area contributed by atoms with Crippen molar-refractivity contribution in [3.8, 4) is 17.3 Å². The lowest BCUT2D eigenvalue weighted by Gasteiger charge is -2.07. The van der Waals surface area contributed by atoms with Gasteiger partial charge in [0.15, 0.2) is 5.82 Å². The van der Waals surface area contributed by atoms with Crippen LogP contribution in [0, 0.1) is 0 Å². The van der Waals surface area contributed by atoms with Crippen molar-refractivity contribution in [3.63, 3.8) is 0 Å². The zero-order chi connectivity index (χ0) is 19.7. The Bertz CT molecular complexity index is 1200. The summed E-state index contributed by atoms with van der Waals surface area (Å²) in [6.45, 7) is 0. The van der Waals surface area contributed by atoms with E-state index in [1.165, 1.54) is 18.2 Å². The molecule has 0 radical (unpaired) electrons. The largest absolute Gasteiger partial charge is 0.507 e. The first-order chi connectivity index (χ1) is 13.5. The number of carbonyl (C=O) groups is 2. The minimum atomic E-state index is -1.25. The second kappa shape index (κ2) is 6.84. The first kappa shape index (κ1) is 17.2.